The standard InChI is InChI=1S/C31H32F3N5O4/c32-31(33,34)43-24-12-10-22(11-13-24)37-30(41)29(36-15-16-39-18-25-17-23(39)19-42-25)21-8-5-20(6-9-21)7-14-28(40)38-27-4-2-1-3-26(27)35/h1-14,23,25,29,36H,15-19,35H2,(H,37,41)(H,38,40)/t23?,25?,29-/m0/s1. The van der Waals surface area contributed by atoms with E-state index in [0.29, 0.717) is 41.8 Å². The van der Waals surface area contributed by atoms with Gasteiger partial charge in [0.15, 0.2) is 0 Å². The van der Waals surface area contributed by atoms with Gasteiger partial charge in [-0.25, -0.2) is 0 Å². The van der Waals surface area contributed by atoms with E-state index in [1.807, 2.05) is 0 Å². The molecule has 2 heterocycles. The van der Waals surface area contributed by atoms with Gasteiger partial charge in [-0.15, -0.1) is 13.2 Å². The molecule has 0 aromatic heterocycles. The van der Waals surface area contributed by atoms with E-state index in [1.165, 1.54) is 18.2 Å². The van der Waals surface area contributed by atoms with Gasteiger partial charge < -0.3 is 31.2 Å². The first-order chi connectivity index (χ1) is 20.6. The number of rotatable bonds is 11. The molecule has 9 nitrogen and oxygen atoms in total. The second kappa shape index (κ2) is 13.3. The van der Waals surface area contributed by atoms with Crippen LogP contribution in [0.2, 0.25) is 0 Å². The molecule has 0 saturated carbocycles. The number of nitrogens with two attached hydrogens (primary N) is 1. The maximum atomic E-state index is 13.4. The highest BCUT2D eigenvalue weighted by molar-refractivity contribution is 6.03. The van der Waals surface area contributed by atoms with Crippen LogP contribution in [0.4, 0.5) is 30.2 Å². The van der Waals surface area contributed by atoms with Crippen molar-refractivity contribution >= 4 is 35.0 Å². The van der Waals surface area contributed by atoms with Crippen molar-refractivity contribution in [1.82, 2.24) is 10.2 Å². The van der Waals surface area contributed by atoms with Crippen LogP contribution in [-0.4, -0.2) is 61.5 Å². The average molecular weight is 596 g/mol. The highest BCUT2D eigenvalue weighted by Gasteiger charge is 2.38. The third-order valence-electron chi connectivity index (χ3n) is 7.29. The van der Waals surface area contributed by atoms with Gasteiger partial charge in [0.2, 0.25) is 11.8 Å². The fourth-order valence-electron chi connectivity index (χ4n) is 5.18. The maximum absolute atomic E-state index is 13.4. The number of carbonyl (C=O) groups is 2. The SMILES string of the molecule is Nc1ccccc1NC(=O)C=Cc1ccc([C@H](NCCN2CC3CC2CO3)C(=O)Nc2ccc(OC(F)(F)F)cc2)cc1. The van der Waals surface area contributed by atoms with E-state index in [2.05, 4.69) is 25.6 Å². The fraction of sp³-hybridized carbons (Fsp3) is 0.290. The number of amides is 2. The van der Waals surface area contributed by atoms with Gasteiger partial charge in [0.25, 0.3) is 0 Å². The van der Waals surface area contributed by atoms with Crippen LogP contribution in [0.5, 0.6) is 5.75 Å². The number of anilines is 3. The number of carbonyl (C=O) groups excluding carboxylic acids is 2. The monoisotopic (exact) mass is 595 g/mol. The van der Waals surface area contributed by atoms with Crippen LogP contribution in [-0.2, 0) is 14.3 Å². The van der Waals surface area contributed by atoms with Gasteiger partial charge in [-0.2, -0.15) is 0 Å². The van der Waals surface area contributed by atoms with E-state index in [9.17, 15) is 22.8 Å². The van der Waals surface area contributed by atoms with Crippen molar-refractivity contribution in [2.75, 3.05) is 42.6 Å². The summed E-state index contributed by atoms with van der Waals surface area (Å²) in [5.74, 6) is -1.10. The minimum absolute atomic E-state index is 0.265. The van der Waals surface area contributed by atoms with E-state index >= 15 is 0 Å². The molecule has 43 heavy (non-hydrogen) atoms. The molecule has 12 heteroatoms. The highest BCUT2D eigenvalue weighted by atomic mass is 19.4. The molecule has 0 radical (unpaired) electrons. The number of morpholine rings is 1. The second-order valence-electron chi connectivity index (χ2n) is 10.4. The highest BCUT2D eigenvalue weighted by Crippen LogP contribution is 2.28. The molecule has 2 saturated heterocycles. The number of para-hydroxylation sites is 2. The predicted molar refractivity (Wildman–Crippen MR) is 157 cm³/mol. The number of fused-ring (bicyclic) bond motifs is 2. The minimum Gasteiger partial charge on any atom is -0.406 e. The lowest BCUT2D eigenvalue weighted by atomic mass is 10.0. The number of hydrogen-bond acceptors (Lipinski definition) is 7. The zero-order valence-electron chi connectivity index (χ0n) is 23.1. The topological polar surface area (TPSA) is 118 Å². The number of nitrogens with one attached hydrogen (secondary N) is 3. The molecule has 2 aliphatic rings. The Hall–Kier alpha value is -4.39. The van der Waals surface area contributed by atoms with Crippen LogP contribution in [0, 0.1) is 0 Å². The lowest BCUT2D eigenvalue weighted by Gasteiger charge is -2.27. The largest absolute Gasteiger partial charge is 0.573 e. The van der Waals surface area contributed by atoms with Gasteiger partial charge in [0.05, 0.1) is 24.1 Å². The molecule has 2 unspecified atom stereocenters. The van der Waals surface area contributed by atoms with Gasteiger partial charge >= 0.3 is 6.36 Å². The molecule has 0 aliphatic carbocycles. The van der Waals surface area contributed by atoms with Gasteiger partial charge in [-0.1, -0.05) is 36.4 Å². The Morgan fingerprint density at radius 3 is 2.44 bits per heavy atom. The van der Waals surface area contributed by atoms with Crippen LogP contribution in [0.3, 0.4) is 0 Å². The average Bonchev–Trinajstić information content (AvgIpc) is 3.60. The Morgan fingerprint density at radius 2 is 1.79 bits per heavy atom. The molecular weight excluding hydrogens is 563 g/mol. The number of halogens is 3. The molecule has 2 fully saturated rings. The van der Waals surface area contributed by atoms with Crippen LogP contribution in [0.15, 0.2) is 78.9 Å². The molecule has 226 valence electrons. The number of hydrogen-bond donors (Lipinski definition) is 4. The summed E-state index contributed by atoms with van der Waals surface area (Å²) in [6, 6.07) is 18.7. The summed E-state index contributed by atoms with van der Waals surface area (Å²) >= 11 is 0. The molecule has 5 rings (SSSR count). The first kappa shape index (κ1) is 30.1. The smallest absolute Gasteiger partial charge is 0.406 e. The van der Waals surface area contributed by atoms with Crippen molar-refractivity contribution < 1.29 is 32.2 Å². The Balaban J connectivity index is 1.24. The van der Waals surface area contributed by atoms with Crippen molar-refractivity contribution in [1.29, 1.82) is 0 Å². The zero-order chi connectivity index (χ0) is 30.4. The molecule has 0 spiro atoms. The van der Waals surface area contributed by atoms with Crippen LogP contribution in [0.1, 0.15) is 23.6 Å². The van der Waals surface area contributed by atoms with Gasteiger partial charge in [-0.05, 0) is 60.0 Å². The summed E-state index contributed by atoms with van der Waals surface area (Å²) in [7, 11) is 0. The Labute approximate surface area is 246 Å². The lowest BCUT2D eigenvalue weighted by molar-refractivity contribution is -0.274. The van der Waals surface area contributed by atoms with Gasteiger partial charge in [0, 0.05) is 37.4 Å². The number of nitrogen functional groups attached to an aromatic ring is 1. The Kier molecular flexibility index (Phi) is 9.29. The van der Waals surface area contributed by atoms with Gasteiger partial charge in [-0.3, -0.25) is 14.5 Å². The number of benzene rings is 3. The number of likely N-dealkylation sites (tertiary alicyclic amines) is 1. The number of nitrogens with zero attached hydrogens (tertiary/aromatic N) is 1. The fourth-order valence-corrected chi connectivity index (χ4v) is 5.18. The van der Waals surface area contributed by atoms with Crippen molar-refractivity contribution in [2.24, 2.45) is 0 Å². The summed E-state index contributed by atoms with van der Waals surface area (Å²) in [6.45, 7) is 2.85. The quantitative estimate of drug-likeness (QED) is 0.190. The molecule has 3 aromatic carbocycles. The molecule has 2 amide bonds. The van der Waals surface area contributed by atoms with E-state index in [0.717, 1.165) is 37.2 Å². The third kappa shape index (κ3) is 8.34. The third-order valence-corrected chi connectivity index (χ3v) is 7.29. The van der Waals surface area contributed by atoms with E-state index in [1.54, 1.807) is 54.6 Å². The van der Waals surface area contributed by atoms with Gasteiger partial charge in [0.1, 0.15) is 11.8 Å². The Bertz CT molecular complexity index is 1450. The van der Waals surface area contributed by atoms with Crippen LogP contribution >= 0.6 is 0 Å². The van der Waals surface area contributed by atoms with E-state index < -0.39 is 12.4 Å². The molecule has 2 bridgehead atoms. The maximum Gasteiger partial charge on any atom is 0.573 e. The molecule has 5 N–H and O–H groups in total. The molecular formula is C31H32F3N5O4. The lowest BCUT2D eigenvalue weighted by Crippen LogP contribution is -2.43. The van der Waals surface area contributed by atoms with Crippen LogP contribution in [0.25, 0.3) is 6.08 Å². The zero-order valence-corrected chi connectivity index (χ0v) is 23.1. The summed E-state index contributed by atoms with van der Waals surface area (Å²) in [5.41, 5.74) is 8.60. The first-order valence-corrected chi connectivity index (χ1v) is 13.8. The molecule has 3 atom stereocenters. The normalized spacial score (nSPS) is 19.0. The van der Waals surface area contributed by atoms with Crippen molar-refractivity contribution in [3.63, 3.8) is 0 Å². The van der Waals surface area contributed by atoms with Crippen LogP contribution < -0.4 is 26.4 Å². The van der Waals surface area contributed by atoms with Crippen molar-refractivity contribution in [3.05, 3.63) is 90.0 Å². The van der Waals surface area contributed by atoms with E-state index in [4.69, 9.17) is 10.5 Å². The molecule has 2 aliphatic heterocycles. The predicted octanol–water partition coefficient (Wildman–Crippen LogP) is 4.56. The van der Waals surface area contributed by atoms with E-state index in [-0.39, 0.29) is 23.7 Å². The number of alkyl halides is 3. The molecule has 3 aromatic rings. The summed E-state index contributed by atoms with van der Waals surface area (Å²) < 4.78 is 47.1. The minimum atomic E-state index is -4.80. The Morgan fingerprint density at radius 1 is 1.05 bits per heavy atom. The first-order valence-electron chi connectivity index (χ1n) is 13.8. The summed E-state index contributed by atoms with van der Waals surface area (Å²) in [5, 5.41) is 8.82. The number of ether oxygens (including phenoxy) is 2. The van der Waals surface area contributed by atoms with Crippen molar-refractivity contribution in [2.45, 2.75) is 31.0 Å². The van der Waals surface area contributed by atoms with Crippen molar-refractivity contribution in [3.8, 4) is 5.75 Å². The summed E-state index contributed by atoms with van der Waals surface area (Å²) in [6.07, 6.45) is -0.480. The second-order valence-corrected chi connectivity index (χ2v) is 10.4. The summed E-state index contributed by atoms with van der Waals surface area (Å²) in [4.78, 5) is 28.1.